The summed E-state index contributed by atoms with van der Waals surface area (Å²) in [5, 5.41) is 0. The molecule has 0 bridgehead atoms. The van der Waals surface area contributed by atoms with Crippen LogP contribution < -0.4 is 9.21 Å². The molecule has 7 heteroatoms. The maximum absolute atomic E-state index is 12.9. The van der Waals surface area contributed by atoms with Gasteiger partial charge in [0.15, 0.2) is 0 Å². The Morgan fingerprint density at radius 1 is 1.16 bits per heavy atom. The number of carbonyl (C=O) groups is 1. The minimum absolute atomic E-state index is 0.00538. The van der Waals surface area contributed by atoms with Crippen LogP contribution in [0.5, 0.6) is 0 Å². The Morgan fingerprint density at radius 3 is 2.52 bits per heavy atom. The van der Waals surface area contributed by atoms with Crippen LogP contribution >= 0.6 is 0 Å². The third-order valence-electron chi connectivity index (χ3n) is 5.33. The molecule has 2 aliphatic rings. The zero-order valence-corrected chi connectivity index (χ0v) is 15.9. The average Bonchev–Trinajstić information content (AvgIpc) is 2.62. The van der Waals surface area contributed by atoms with Gasteiger partial charge in [0.25, 0.3) is 5.91 Å². The highest BCUT2D eigenvalue weighted by Crippen LogP contribution is 2.28. The highest BCUT2D eigenvalue weighted by Gasteiger charge is 2.29. The molecule has 0 aliphatic carbocycles. The van der Waals surface area contributed by atoms with Crippen LogP contribution in [-0.2, 0) is 10.0 Å². The highest BCUT2D eigenvalue weighted by atomic mass is 32.2. The standard InChI is InChI=1S/C18H27N3O3S/c1-3-19-9-11-20(12-10-19)18(22)16-7-6-15(2)17(14-16)21-8-4-5-13-25(21,23)24/h6-7,14H,3-5,8-13H2,1-2H3/p+1. The first-order valence-electron chi connectivity index (χ1n) is 9.16. The largest absolute Gasteiger partial charge is 0.332 e. The summed E-state index contributed by atoms with van der Waals surface area (Å²) < 4.78 is 26.3. The number of amides is 1. The summed E-state index contributed by atoms with van der Waals surface area (Å²) >= 11 is 0. The number of hydrogen-bond acceptors (Lipinski definition) is 3. The number of nitrogens with one attached hydrogen (secondary N) is 1. The molecule has 2 heterocycles. The van der Waals surface area contributed by atoms with E-state index in [0.29, 0.717) is 24.2 Å². The zero-order valence-electron chi connectivity index (χ0n) is 15.1. The molecule has 0 unspecified atom stereocenters. The minimum Gasteiger partial charge on any atom is -0.332 e. The first-order chi connectivity index (χ1) is 11.9. The summed E-state index contributed by atoms with van der Waals surface area (Å²) in [5.74, 6) is 0.192. The van der Waals surface area contributed by atoms with E-state index in [-0.39, 0.29) is 11.7 Å². The molecule has 0 spiro atoms. The Bertz CT molecular complexity index is 740. The molecule has 0 aromatic heterocycles. The fourth-order valence-corrected chi connectivity index (χ4v) is 5.33. The number of benzene rings is 1. The Kier molecular flexibility index (Phi) is 5.34. The van der Waals surface area contributed by atoms with Crippen molar-refractivity contribution in [2.75, 3.05) is 49.3 Å². The molecule has 3 rings (SSSR count). The number of hydrogen-bond donors (Lipinski definition) is 1. The number of likely N-dealkylation sites (N-methyl/N-ethyl adjacent to an activating group) is 1. The van der Waals surface area contributed by atoms with Crippen LogP contribution in [-0.4, -0.2) is 64.2 Å². The van der Waals surface area contributed by atoms with Gasteiger partial charge >= 0.3 is 0 Å². The lowest BCUT2D eigenvalue weighted by Crippen LogP contribution is -3.14. The van der Waals surface area contributed by atoms with Gasteiger partial charge in [-0.3, -0.25) is 9.10 Å². The number of anilines is 1. The first kappa shape index (κ1) is 18.2. The van der Waals surface area contributed by atoms with Gasteiger partial charge in [-0.1, -0.05) is 6.07 Å². The zero-order chi connectivity index (χ0) is 18.0. The van der Waals surface area contributed by atoms with Crippen LogP contribution in [0, 0.1) is 6.92 Å². The molecule has 1 N–H and O–H groups in total. The smallest absolute Gasteiger partial charge is 0.254 e. The lowest BCUT2D eigenvalue weighted by atomic mass is 10.1. The van der Waals surface area contributed by atoms with Crippen LogP contribution in [0.4, 0.5) is 5.69 Å². The van der Waals surface area contributed by atoms with Crippen molar-refractivity contribution in [3.63, 3.8) is 0 Å². The number of rotatable bonds is 3. The summed E-state index contributed by atoms with van der Waals surface area (Å²) in [6, 6.07) is 5.44. The van der Waals surface area contributed by atoms with Crippen molar-refractivity contribution in [3.8, 4) is 0 Å². The molecule has 2 saturated heterocycles. The molecule has 0 atom stereocenters. The van der Waals surface area contributed by atoms with Gasteiger partial charge in [0.1, 0.15) is 0 Å². The number of sulfonamides is 1. The maximum atomic E-state index is 12.9. The summed E-state index contributed by atoms with van der Waals surface area (Å²) in [4.78, 5) is 16.3. The molecule has 2 aliphatic heterocycles. The van der Waals surface area contributed by atoms with Gasteiger partial charge in [0.2, 0.25) is 10.0 Å². The monoisotopic (exact) mass is 366 g/mol. The first-order valence-corrected chi connectivity index (χ1v) is 10.8. The normalized spacial score (nSPS) is 21.4. The molecule has 2 fully saturated rings. The third kappa shape index (κ3) is 3.82. The number of nitrogens with zero attached hydrogens (tertiary/aromatic N) is 2. The van der Waals surface area contributed by atoms with E-state index in [1.807, 2.05) is 24.0 Å². The Morgan fingerprint density at radius 2 is 1.88 bits per heavy atom. The second-order valence-electron chi connectivity index (χ2n) is 6.99. The summed E-state index contributed by atoms with van der Waals surface area (Å²) in [6.45, 7) is 9.11. The average molecular weight is 367 g/mol. The second-order valence-corrected chi connectivity index (χ2v) is 9.01. The van der Waals surface area contributed by atoms with E-state index >= 15 is 0 Å². The van der Waals surface area contributed by atoms with Gasteiger partial charge in [-0.2, -0.15) is 0 Å². The fraction of sp³-hybridized carbons (Fsp3) is 0.611. The summed E-state index contributed by atoms with van der Waals surface area (Å²) in [7, 11) is -3.27. The van der Waals surface area contributed by atoms with Crippen LogP contribution in [0.25, 0.3) is 0 Å². The molecule has 25 heavy (non-hydrogen) atoms. The molecule has 1 amide bonds. The molecular formula is C18H28N3O3S+. The molecule has 0 saturated carbocycles. The number of aryl methyl sites for hydroxylation is 1. The van der Waals surface area contributed by atoms with Gasteiger partial charge < -0.3 is 9.80 Å². The van der Waals surface area contributed by atoms with Crippen LogP contribution in [0.2, 0.25) is 0 Å². The topological polar surface area (TPSA) is 62.1 Å². The molecular weight excluding hydrogens is 338 g/mol. The predicted molar refractivity (Wildman–Crippen MR) is 98.7 cm³/mol. The van der Waals surface area contributed by atoms with E-state index < -0.39 is 10.0 Å². The molecule has 138 valence electrons. The third-order valence-corrected chi connectivity index (χ3v) is 7.19. The van der Waals surface area contributed by atoms with Crippen LogP contribution in [0.3, 0.4) is 0 Å². The van der Waals surface area contributed by atoms with E-state index in [4.69, 9.17) is 0 Å². The van der Waals surface area contributed by atoms with Crippen molar-refractivity contribution < 1.29 is 18.1 Å². The molecule has 1 aromatic carbocycles. The van der Waals surface area contributed by atoms with Crippen LogP contribution in [0.15, 0.2) is 18.2 Å². The van der Waals surface area contributed by atoms with Gasteiger partial charge in [-0.25, -0.2) is 8.42 Å². The molecule has 0 radical (unpaired) electrons. The Hall–Kier alpha value is -1.60. The quantitative estimate of drug-likeness (QED) is 0.836. The van der Waals surface area contributed by atoms with E-state index in [2.05, 4.69) is 6.92 Å². The number of piperazine rings is 1. The highest BCUT2D eigenvalue weighted by molar-refractivity contribution is 7.92. The Balaban J connectivity index is 1.83. The Labute approximate surface area is 150 Å². The lowest BCUT2D eigenvalue weighted by molar-refractivity contribution is -0.902. The van der Waals surface area contributed by atoms with Gasteiger partial charge in [-0.05, 0) is 44.4 Å². The van der Waals surface area contributed by atoms with Crippen molar-refractivity contribution >= 4 is 21.6 Å². The van der Waals surface area contributed by atoms with E-state index in [1.54, 1.807) is 6.07 Å². The predicted octanol–water partition coefficient (Wildman–Crippen LogP) is 0.286. The van der Waals surface area contributed by atoms with Crippen molar-refractivity contribution in [3.05, 3.63) is 29.3 Å². The number of carbonyl (C=O) groups excluding carboxylic acids is 1. The van der Waals surface area contributed by atoms with E-state index in [0.717, 1.165) is 44.7 Å². The molecule has 1 aromatic rings. The lowest BCUT2D eigenvalue weighted by Gasteiger charge is -2.32. The number of quaternary nitrogens is 1. The maximum Gasteiger partial charge on any atom is 0.254 e. The van der Waals surface area contributed by atoms with Gasteiger partial charge in [0.05, 0.1) is 44.2 Å². The minimum atomic E-state index is -3.27. The van der Waals surface area contributed by atoms with Crippen molar-refractivity contribution in [2.45, 2.75) is 26.7 Å². The molecule has 6 nitrogen and oxygen atoms in total. The SMILES string of the molecule is CC[NH+]1CCN(C(=O)c2ccc(C)c(N3CCCCS3(=O)=O)c2)CC1. The summed E-state index contributed by atoms with van der Waals surface area (Å²) in [5.41, 5.74) is 2.13. The van der Waals surface area contributed by atoms with Crippen LogP contribution in [0.1, 0.15) is 35.7 Å². The van der Waals surface area contributed by atoms with E-state index in [9.17, 15) is 13.2 Å². The second kappa shape index (κ2) is 7.33. The van der Waals surface area contributed by atoms with E-state index in [1.165, 1.54) is 9.21 Å². The van der Waals surface area contributed by atoms with Crippen molar-refractivity contribution in [1.82, 2.24) is 4.90 Å². The summed E-state index contributed by atoms with van der Waals surface area (Å²) in [6.07, 6.45) is 1.57. The fourth-order valence-electron chi connectivity index (χ4n) is 3.63. The van der Waals surface area contributed by atoms with Gasteiger partial charge in [-0.15, -0.1) is 0 Å². The van der Waals surface area contributed by atoms with Crippen molar-refractivity contribution in [1.29, 1.82) is 0 Å². The van der Waals surface area contributed by atoms with Crippen molar-refractivity contribution in [2.24, 2.45) is 0 Å². The van der Waals surface area contributed by atoms with Gasteiger partial charge in [0, 0.05) is 12.1 Å².